The Balaban J connectivity index is 5.11. The molecule has 0 rings (SSSR count). The monoisotopic (exact) mass is 1450 g/mol. The molecule has 19 heteroatoms. The predicted octanol–water partition coefficient (Wildman–Crippen LogP) is 23.6. The van der Waals surface area contributed by atoms with E-state index in [9.17, 15) is 43.2 Å². The van der Waals surface area contributed by atoms with E-state index >= 15 is 0 Å². The molecule has 5 atom stereocenters. The number of aliphatic hydroxyl groups is 1. The fourth-order valence-corrected chi connectivity index (χ4v) is 13.8. The maximum absolute atomic E-state index is 13.1. The molecule has 0 heterocycles. The number of hydrogen-bond donors (Lipinski definition) is 3. The average Bonchev–Trinajstić information content (AvgIpc) is 0.960. The number of ether oxygens (including phenoxy) is 4. The minimum absolute atomic E-state index is 0.104. The number of phosphoric acid groups is 2. The van der Waals surface area contributed by atoms with Gasteiger partial charge in [0.2, 0.25) is 0 Å². The maximum atomic E-state index is 13.1. The van der Waals surface area contributed by atoms with Gasteiger partial charge in [-0.15, -0.1) is 0 Å². The van der Waals surface area contributed by atoms with Crippen LogP contribution >= 0.6 is 15.6 Å². The summed E-state index contributed by atoms with van der Waals surface area (Å²) in [6.07, 6.45) is 56.0. The number of rotatable bonds is 77. The first kappa shape index (κ1) is 97.1. The standard InChI is InChI=1S/C80H156O17P2/c1-70(2)56-48-40-32-27-23-19-15-11-9-10-12-17-21-25-29-35-44-52-60-77(82)90-66-75(97-80(85)63-55-47-37-31-34-42-50-58-72(5)6)68-94-98(86,87)92-64-74(81)65-93-99(88,89)95-69-76(67-91-78(83)61-53-45-39-38-43-51-59-73(7)8)96-79(84)62-54-46-36-30-26-22-18-14-13-16-20-24-28-33-41-49-57-71(3)4/h70-76,81H,9-69H2,1-8H3,(H,86,87)(H,88,89)/t74?,75-,76-/m1/s1. The molecule has 0 spiro atoms. The van der Waals surface area contributed by atoms with E-state index in [4.69, 9.17) is 37.0 Å². The van der Waals surface area contributed by atoms with E-state index in [-0.39, 0.29) is 25.7 Å². The lowest BCUT2D eigenvalue weighted by Gasteiger charge is -2.21. The molecule has 99 heavy (non-hydrogen) atoms. The summed E-state index contributed by atoms with van der Waals surface area (Å²) in [5.74, 6) is 0.886. The molecule has 0 aliphatic rings. The van der Waals surface area contributed by atoms with Crippen molar-refractivity contribution in [3.63, 3.8) is 0 Å². The Labute approximate surface area is 607 Å². The van der Waals surface area contributed by atoms with Crippen LogP contribution in [0.2, 0.25) is 0 Å². The SMILES string of the molecule is CC(C)CCCCCCCCCCCCCCCCCCCCC(=O)OC[C@H](COP(=O)(O)OCC(O)COP(=O)(O)OC[C@@H](COC(=O)CCCCCCCCC(C)C)OC(=O)CCCCCCCCCCCCCCCCCCC(C)C)OC(=O)CCCCCCCCCC(C)C. The van der Waals surface area contributed by atoms with Gasteiger partial charge in [-0.25, -0.2) is 9.13 Å². The first-order valence-electron chi connectivity index (χ1n) is 41.2. The van der Waals surface area contributed by atoms with Crippen molar-refractivity contribution in [1.82, 2.24) is 0 Å². The predicted molar refractivity (Wildman–Crippen MR) is 404 cm³/mol. The van der Waals surface area contributed by atoms with Gasteiger partial charge < -0.3 is 33.8 Å². The largest absolute Gasteiger partial charge is 0.472 e. The minimum Gasteiger partial charge on any atom is -0.462 e. The van der Waals surface area contributed by atoms with E-state index < -0.39 is 97.5 Å². The number of hydrogen-bond acceptors (Lipinski definition) is 15. The van der Waals surface area contributed by atoms with Crippen LogP contribution in [0.1, 0.15) is 409 Å². The minimum atomic E-state index is -4.96. The second-order valence-electron chi connectivity index (χ2n) is 30.7. The van der Waals surface area contributed by atoms with Crippen molar-refractivity contribution in [2.24, 2.45) is 23.7 Å². The summed E-state index contributed by atoms with van der Waals surface area (Å²) in [5.41, 5.74) is 0. The Hall–Kier alpha value is -1.94. The summed E-state index contributed by atoms with van der Waals surface area (Å²) in [5, 5.41) is 10.6. The van der Waals surface area contributed by atoms with Crippen molar-refractivity contribution in [2.45, 2.75) is 427 Å². The van der Waals surface area contributed by atoms with E-state index in [0.717, 1.165) is 108 Å². The molecular formula is C80H156O17P2. The summed E-state index contributed by atoms with van der Waals surface area (Å²) < 4.78 is 68.5. The Bertz CT molecular complexity index is 1940. The fraction of sp³-hybridized carbons (Fsp3) is 0.950. The molecule has 0 aliphatic carbocycles. The zero-order valence-corrected chi connectivity index (χ0v) is 66.9. The summed E-state index contributed by atoms with van der Waals surface area (Å²) in [7, 11) is -9.92. The summed E-state index contributed by atoms with van der Waals surface area (Å²) in [6, 6.07) is 0. The summed E-state index contributed by atoms with van der Waals surface area (Å²) in [6.45, 7) is 14.1. The third kappa shape index (κ3) is 74.1. The van der Waals surface area contributed by atoms with Crippen molar-refractivity contribution in [2.75, 3.05) is 39.6 Å². The molecule has 17 nitrogen and oxygen atoms in total. The second kappa shape index (κ2) is 69.1. The van der Waals surface area contributed by atoms with Gasteiger partial charge in [0.25, 0.3) is 0 Å². The lowest BCUT2D eigenvalue weighted by molar-refractivity contribution is -0.161. The second-order valence-corrected chi connectivity index (χ2v) is 33.6. The first-order chi connectivity index (χ1) is 47.6. The van der Waals surface area contributed by atoms with Crippen molar-refractivity contribution < 1.29 is 80.2 Å². The third-order valence-electron chi connectivity index (χ3n) is 18.6. The van der Waals surface area contributed by atoms with E-state index in [1.54, 1.807) is 0 Å². The molecule has 0 saturated carbocycles. The van der Waals surface area contributed by atoms with Crippen LogP contribution in [0.25, 0.3) is 0 Å². The van der Waals surface area contributed by atoms with Crippen molar-refractivity contribution >= 4 is 39.5 Å². The molecule has 3 unspecified atom stereocenters. The van der Waals surface area contributed by atoms with Crippen LogP contribution in [-0.4, -0.2) is 96.7 Å². The normalized spacial score (nSPS) is 14.1. The number of unbranched alkanes of at least 4 members (excludes halogenated alkanes) is 43. The molecule has 0 fully saturated rings. The smallest absolute Gasteiger partial charge is 0.462 e. The van der Waals surface area contributed by atoms with Gasteiger partial charge in [-0.05, 0) is 49.4 Å². The molecule has 0 aromatic carbocycles. The van der Waals surface area contributed by atoms with Crippen LogP contribution in [0.15, 0.2) is 0 Å². The molecule has 0 amide bonds. The van der Waals surface area contributed by atoms with Crippen LogP contribution in [0, 0.1) is 23.7 Å². The lowest BCUT2D eigenvalue weighted by atomic mass is 10.0. The summed E-state index contributed by atoms with van der Waals surface area (Å²) >= 11 is 0. The van der Waals surface area contributed by atoms with Crippen LogP contribution in [0.4, 0.5) is 0 Å². The molecule has 0 aliphatic heterocycles. The fourth-order valence-electron chi connectivity index (χ4n) is 12.3. The Morgan fingerprint density at radius 1 is 0.253 bits per heavy atom. The molecule has 3 N–H and O–H groups in total. The summed E-state index contributed by atoms with van der Waals surface area (Å²) in [4.78, 5) is 72.8. The highest BCUT2D eigenvalue weighted by atomic mass is 31.2. The van der Waals surface area contributed by atoms with Crippen LogP contribution in [0.5, 0.6) is 0 Å². The molecular weight excluding hydrogens is 1290 g/mol. The van der Waals surface area contributed by atoms with Crippen molar-refractivity contribution in [3.8, 4) is 0 Å². The Morgan fingerprint density at radius 2 is 0.424 bits per heavy atom. The first-order valence-corrected chi connectivity index (χ1v) is 44.2. The Morgan fingerprint density at radius 3 is 0.626 bits per heavy atom. The highest BCUT2D eigenvalue weighted by molar-refractivity contribution is 7.47. The van der Waals surface area contributed by atoms with Gasteiger partial charge in [0, 0.05) is 25.7 Å². The number of esters is 4. The lowest BCUT2D eigenvalue weighted by Crippen LogP contribution is -2.30. The van der Waals surface area contributed by atoms with E-state index in [0.29, 0.717) is 37.5 Å². The zero-order valence-electron chi connectivity index (χ0n) is 65.1. The van der Waals surface area contributed by atoms with E-state index in [1.165, 1.54) is 205 Å². The molecule has 0 radical (unpaired) electrons. The van der Waals surface area contributed by atoms with E-state index in [2.05, 4.69) is 55.4 Å². The number of phosphoric ester groups is 2. The zero-order chi connectivity index (χ0) is 73.1. The average molecular weight is 1450 g/mol. The maximum Gasteiger partial charge on any atom is 0.472 e. The molecule has 0 aromatic heterocycles. The number of carbonyl (C=O) groups is 4. The van der Waals surface area contributed by atoms with E-state index in [1.807, 2.05) is 0 Å². The van der Waals surface area contributed by atoms with Gasteiger partial charge in [0.05, 0.1) is 26.4 Å². The van der Waals surface area contributed by atoms with Crippen LogP contribution in [-0.2, 0) is 65.4 Å². The molecule has 0 bridgehead atoms. The molecule has 0 saturated heterocycles. The van der Waals surface area contributed by atoms with Gasteiger partial charge >= 0.3 is 39.5 Å². The van der Waals surface area contributed by atoms with Gasteiger partial charge in [-0.1, -0.05) is 357 Å². The molecule has 588 valence electrons. The van der Waals surface area contributed by atoms with Gasteiger partial charge in [0.1, 0.15) is 19.3 Å². The quantitative estimate of drug-likeness (QED) is 0.0222. The van der Waals surface area contributed by atoms with Gasteiger partial charge in [0.15, 0.2) is 12.2 Å². The highest BCUT2D eigenvalue weighted by Crippen LogP contribution is 2.45. The number of carbonyl (C=O) groups excluding carboxylic acids is 4. The highest BCUT2D eigenvalue weighted by Gasteiger charge is 2.30. The molecule has 0 aromatic rings. The van der Waals surface area contributed by atoms with Crippen LogP contribution in [0.3, 0.4) is 0 Å². The van der Waals surface area contributed by atoms with Crippen molar-refractivity contribution in [3.05, 3.63) is 0 Å². The number of aliphatic hydroxyl groups excluding tert-OH is 1. The Kier molecular flexibility index (Phi) is 67.8. The van der Waals surface area contributed by atoms with Gasteiger partial charge in [-0.3, -0.25) is 37.3 Å². The van der Waals surface area contributed by atoms with Gasteiger partial charge in [-0.2, -0.15) is 0 Å². The topological polar surface area (TPSA) is 237 Å². The third-order valence-corrected chi connectivity index (χ3v) is 20.5. The van der Waals surface area contributed by atoms with Crippen LogP contribution < -0.4 is 0 Å². The van der Waals surface area contributed by atoms with Crippen molar-refractivity contribution in [1.29, 1.82) is 0 Å².